The zero-order chi connectivity index (χ0) is 11.5. The van der Waals surface area contributed by atoms with E-state index >= 15 is 0 Å². The topological polar surface area (TPSA) is 96.6 Å². The first-order valence-corrected chi connectivity index (χ1v) is 5.79. The molecule has 2 N–H and O–H groups in total. The predicted molar refractivity (Wildman–Crippen MR) is 51.7 cm³/mol. The molecule has 84 valence electrons. The molecule has 0 saturated heterocycles. The summed E-state index contributed by atoms with van der Waals surface area (Å²) in [6.07, 6.45) is 0. The van der Waals surface area contributed by atoms with Gasteiger partial charge < -0.3 is 9.52 Å². The Hall–Kier alpha value is -1.34. The summed E-state index contributed by atoms with van der Waals surface area (Å²) < 4.78 is 29.4. The normalized spacial score (nSPS) is 11.5. The molecule has 0 amide bonds. The lowest BCUT2D eigenvalue weighted by atomic mass is 10.4. The van der Waals surface area contributed by atoms with Crippen LogP contribution in [0.3, 0.4) is 0 Å². The van der Waals surface area contributed by atoms with Crippen LogP contribution in [0.25, 0.3) is 0 Å². The maximum atomic E-state index is 11.1. The number of carboxylic acid groups (broad SMARTS) is 1. The average molecular weight is 233 g/mol. The smallest absolute Gasteiger partial charge is 0.320 e. The van der Waals surface area contributed by atoms with E-state index in [0.29, 0.717) is 11.5 Å². The van der Waals surface area contributed by atoms with Gasteiger partial charge in [0.05, 0.1) is 6.54 Å². The van der Waals surface area contributed by atoms with Crippen LogP contribution in [-0.2, 0) is 21.4 Å². The lowest BCUT2D eigenvalue weighted by Crippen LogP contribution is -2.29. The van der Waals surface area contributed by atoms with Gasteiger partial charge in [-0.2, -0.15) is 0 Å². The van der Waals surface area contributed by atoms with Gasteiger partial charge in [-0.3, -0.25) is 4.79 Å². The fourth-order valence-corrected chi connectivity index (χ4v) is 1.76. The van der Waals surface area contributed by atoms with Gasteiger partial charge in [0.25, 0.3) is 0 Å². The summed E-state index contributed by atoms with van der Waals surface area (Å²) in [6, 6.07) is 3.32. The summed E-state index contributed by atoms with van der Waals surface area (Å²) in [5, 5.41) is 8.31. The number of aryl methyl sites for hydroxylation is 1. The maximum Gasteiger partial charge on any atom is 0.320 e. The Morgan fingerprint density at radius 2 is 2.20 bits per heavy atom. The van der Waals surface area contributed by atoms with Crippen LogP contribution in [0.15, 0.2) is 16.5 Å². The third-order valence-corrected chi connectivity index (χ3v) is 2.79. The van der Waals surface area contributed by atoms with Crippen LogP contribution in [0.2, 0.25) is 0 Å². The molecule has 1 heterocycles. The number of hydrogen-bond acceptors (Lipinski definition) is 4. The van der Waals surface area contributed by atoms with Crippen LogP contribution in [0.5, 0.6) is 0 Å². The molecular formula is C8H11NO5S. The zero-order valence-electron chi connectivity index (χ0n) is 8.06. The first kappa shape index (κ1) is 11.7. The van der Waals surface area contributed by atoms with Crippen molar-refractivity contribution in [3.63, 3.8) is 0 Å². The van der Waals surface area contributed by atoms with Crippen LogP contribution in [0.1, 0.15) is 11.5 Å². The van der Waals surface area contributed by atoms with E-state index in [-0.39, 0.29) is 6.54 Å². The van der Waals surface area contributed by atoms with E-state index in [4.69, 9.17) is 9.52 Å². The van der Waals surface area contributed by atoms with Crippen molar-refractivity contribution in [2.75, 3.05) is 5.75 Å². The lowest BCUT2D eigenvalue weighted by molar-refractivity contribution is -0.134. The Morgan fingerprint density at radius 3 is 2.67 bits per heavy atom. The molecule has 1 rings (SSSR count). The van der Waals surface area contributed by atoms with Crippen molar-refractivity contribution >= 4 is 16.0 Å². The Balaban J connectivity index is 2.53. The van der Waals surface area contributed by atoms with Crippen molar-refractivity contribution in [1.82, 2.24) is 4.72 Å². The summed E-state index contributed by atoms with van der Waals surface area (Å²) in [6.45, 7) is 1.69. The largest absolute Gasteiger partial charge is 0.480 e. The molecule has 0 bridgehead atoms. The molecule has 0 aliphatic rings. The van der Waals surface area contributed by atoms with Crippen molar-refractivity contribution in [3.05, 3.63) is 23.7 Å². The Bertz CT molecular complexity index is 447. The summed E-state index contributed by atoms with van der Waals surface area (Å²) >= 11 is 0. The van der Waals surface area contributed by atoms with Crippen molar-refractivity contribution < 1.29 is 22.7 Å². The van der Waals surface area contributed by atoms with Crippen LogP contribution >= 0.6 is 0 Å². The first-order valence-electron chi connectivity index (χ1n) is 4.13. The van der Waals surface area contributed by atoms with Gasteiger partial charge in [0.15, 0.2) is 5.75 Å². The van der Waals surface area contributed by atoms with Gasteiger partial charge in [0.1, 0.15) is 11.5 Å². The van der Waals surface area contributed by atoms with Gasteiger partial charge >= 0.3 is 5.97 Å². The molecular weight excluding hydrogens is 222 g/mol. The van der Waals surface area contributed by atoms with E-state index in [9.17, 15) is 13.2 Å². The van der Waals surface area contributed by atoms with Gasteiger partial charge in [-0.1, -0.05) is 0 Å². The monoisotopic (exact) mass is 233 g/mol. The van der Waals surface area contributed by atoms with E-state index in [1.54, 1.807) is 19.1 Å². The lowest BCUT2D eigenvalue weighted by Gasteiger charge is -2.01. The van der Waals surface area contributed by atoms with Gasteiger partial charge in [0.2, 0.25) is 10.0 Å². The number of rotatable bonds is 5. The molecule has 0 spiro atoms. The van der Waals surface area contributed by atoms with E-state index in [1.807, 2.05) is 0 Å². The fraction of sp³-hybridized carbons (Fsp3) is 0.375. The number of carboxylic acids is 1. The Morgan fingerprint density at radius 1 is 1.53 bits per heavy atom. The van der Waals surface area contributed by atoms with Crippen molar-refractivity contribution in [2.45, 2.75) is 13.5 Å². The minimum Gasteiger partial charge on any atom is -0.480 e. The standard InChI is InChI=1S/C8H11NO5S/c1-6-2-3-7(14-6)4-9-15(12,13)5-8(10)11/h2-3,9H,4-5H2,1H3,(H,10,11). The third-order valence-electron chi connectivity index (χ3n) is 1.58. The second-order valence-electron chi connectivity index (χ2n) is 2.99. The van der Waals surface area contributed by atoms with E-state index in [2.05, 4.69) is 4.72 Å². The van der Waals surface area contributed by atoms with Crippen molar-refractivity contribution in [1.29, 1.82) is 0 Å². The molecule has 0 atom stereocenters. The summed E-state index contributed by atoms with van der Waals surface area (Å²) in [5.74, 6) is -1.21. The van der Waals surface area contributed by atoms with Crippen LogP contribution in [0.4, 0.5) is 0 Å². The summed E-state index contributed by atoms with van der Waals surface area (Å²) in [5.41, 5.74) is 0. The molecule has 0 aromatic carbocycles. The predicted octanol–water partition coefficient (Wildman–Crippen LogP) is 0.0920. The van der Waals surface area contributed by atoms with Crippen LogP contribution < -0.4 is 4.72 Å². The van der Waals surface area contributed by atoms with E-state index in [0.717, 1.165) is 0 Å². The SMILES string of the molecule is Cc1ccc(CNS(=O)(=O)CC(=O)O)o1. The summed E-state index contributed by atoms with van der Waals surface area (Å²) in [4.78, 5) is 10.2. The number of aliphatic carboxylic acids is 1. The minimum absolute atomic E-state index is 0.0382. The average Bonchev–Trinajstić information content (AvgIpc) is 2.46. The first-order chi connectivity index (χ1) is 6.89. The molecule has 0 radical (unpaired) electrons. The molecule has 15 heavy (non-hydrogen) atoms. The molecule has 6 nitrogen and oxygen atoms in total. The van der Waals surface area contributed by atoms with Crippen LogP contribution in [0, 0.1) is 6.92 Å². The molecule has 0 aliphatic carbocycles. The second kappa shape index (κ2) is 4.45. The molecule has 0 fully saturated rings. The van der Waals surface area contributed by atoms with Crippen LogP contribution in [-0.4, -0.2) is 25.2 Å². The molecule has 1 aromatic heterocycles. The molecule has 0 unspecified atom stereocenters. The third kappa shape index (κ3) is 4.13. The number of carbonyl (C=O) groups is 1. The van der Waals surface area contributed by atoms with Gasteiger partial charge in [-0.25, -0.2) is 13.1 Å². The fourth-order valence-electron chi connectivity index (χ4n) is 0.975. The quantitative estimate of drug-likeness (QED) is 0.751. The Labute approximate surface area is 87.0 Å². The van der Waals surface area contributed by atoms with Crippen molar-refractivity contribution in [2.24, 2.45) is 0 Å². The van der Waals surface area contributed by atoms with Gasteiger partial charge in [-0.05, 0) is 19.1 Å². The highest BCUT2D eigenvalue weighted by Gasteiger charge is 2.15. The highest BCUT2D eigenvalue weighted by atomic mass is 32.2. The number of hydrogen-bond donors (Lipinski definition) is 2. The second-order valence-corrected chi connectivity index (χ2v) is 4.79. The maximum absolute atomic E-state index is 11.1. The molecule has 0 aliphatic heterocycles. The number of nitrogens with one attached hydrogen (secondary N) is 1. The molecule has 7 heteroatoms. The Kier molecular flexibility index (Phi) is 3.48. The highest BCUT2D eigenvalue weighted by Crippen LogP contribution is 2.05. The molecule has 1 aromatic rings. The molecule has 0 saturated carbocycles. The van der Waals surface area contributed by atoms with E-state index < -0.39 is 21.7 Å². The van der Waals surface area contributed by atoms with Gasteiger partial charge in [0, 0.05) is 0 Å². The highest BCUT2D eigenvalue weighted by molar-refractivity contribution is 7.90. The summed E-state index contributed by atoms with van der Waals surface area (Å²) in [7, 11) is -3.78. The van der Waals surface area contributed by atoms with E-state index in [1.165, 1.54) is 0 Å². The van der Waals surface area contributed by atoms with Gasteiger partial charge in [-0.15, -0.1) is 0 Å². The minimum atomic E-state index is -3.78. The zero-order valence-corrected chi connectivity index (χ0v) is 8.87. The number of sulfonamides is 1. The number of furan rings is 1. The van der Waals surface area contributed by atoms with Crippen molar-refractivity contribution in [3.8, 4) is 0 Å².